The summed E-state index contributed by atoms with van der Waals surface area (Å²) in [6, 6.07) is 23.9. The predicted molar refractivity (Wildman–Crippen MR) is 166 cm³/mol. The van der Waals surface area contributed by atoms with E-state index in [1.54, 1.807) is 61.5 Å². The van der Waals surface area contributed by atoms with Crippen LogP contribution in [-0.4, -0.2) is 76.7 Å². The van der Waals surface area contributed by atoms with Gasteiger partial charge < -0.3 is 29.0 Å². The van der Waals surface area contributed by atoms with Crippen LogP contribution in [0, 0.1) is 0 Å². The van der Waals surface area contributed by atoms with Gasteiger partial charge in [0.15, 0.2) is 18.4 Å². The van der Waals surface area contributed by atoms with Gasteiger partial charge in [0, 0.05) is 0 Å². The summed E-state index contributed by atoms with van der Waals surface area (Å²) < 4.78 is 28.8. The van der Waals surface area contributed by atoms with Crippen molar-refractivity contribution in [2.45, 2.75) is 31.5 Å². The summed E-state index contributed by atoms with van der Waals surface area (Å²) in [7, 11) is 0. The highest BCUT2D eigenvalue weighted by atomic mass is 16.7. The molecule has 0 saturated carbocycles. The van der Waals surface area contributed by atoms with Crippen LogP contribution in [0.25, 0.3) is 0 Å². The van der Waals surface area contributed by atoms with Crippen molar-refractivity contribution < 1.29 is 42.9 Å². The molecule has 1 aliphatic rings. The molecule has 0 aliphatic carbocycles. The van der Waals surface area contributed by atoms with Crippen molar-refractivity contribution in [1.29, 1.82) is 0 Å². The van der Waals surface area contributed by atoms with Gasteiger partial charge in [0.05, 0.1) is 23.3 Å². The van der Waals surface area contributed by atoms with Gasteiger partial charge in [0.1, 0.15) is 19.3 Å². The average molecular weight is 659 g/mol. The van der Waals surface area contributed by atoms with Crippen LogP contribution in [0.2, 0.25) is 0 Å². The summed E-state index contributed by atoms with van der Waals surface area (Å²) in [5.74, 6) is -3.58. The third-order valence-electron chi connectivity index (χ3n) is 6.98. The summed E-state index contributed by atoms with van der Waals surface area (Å²) in [5.41, 5.74) is -1.53. The summed E-state index contributed by atoms with van der Waals surface area (Å²) in [6.45, 7) is 0.720. The molecular weight excluding hydrogens is 628 g/mol. The van der Waals surface area contributed by atoms with Crippen molar-refractivity contribution in [2.24, 2.45) is 0 Å². The van der Waals surface area contributed by atoms with Crippen molar-refractivity contribution in [1.82, 2.24) is 14.8 Å². The zero-order chi connectivity index (χ0) is 34.0. The lowest BCUT2D eigenvalue weighted by Crippen LogP contribution is -2.44. The summed E-state index contributed by atoms with van der Waals surface area (Å²) in [4.78, 5) is 79.2. The molecule has 15 heteroatoms. The van der Waals surface area contributed by atoms with Crippen LogP contribution in [0.3, 0.4) is 0 Å². The predicted octanol–water partition coefficient (Wildman–Crippen LogP) is 2.11. The summed E-state index contributed by atoms with van der Waals surface area (Å²) in [6.07, 6.45) is -5.96. The second kappa shape index (κ2) is 15.5. The van der Waals surface area contributed by atoms with E-state index in [1.165, 1.54) is 36.4 Å². The zero-order valence-electron chi connectivity index (χ0n) is 25.5. The van der Waals surface area contributed by atoms with Crippen molar-refractivity contribution in [3.05, 3.63) is 129 Å². The third-order valence-corrected chi connectivity index (χ3v) is 6.98. The van der Waals surface area contributed by atoms with Gasteiger partial charge in [-0.3, -0.25) is 14.6 Å². The normalized spacial score (nSPS) is 18.4. The largest absolute Gasteiger partial charge is 0.465 e. The molecule has 248 valence electrons. The molecule has 0 bridgehead atoms. The minimum Gasteiger partial charge on any atom is -0.465 e. The summed E-state index contributed by atoms with van der Waals surface area (Å²) >= 11 is 0. The number of aromatic amines is 1. The second-order valence-electron chi connectivity index (χ2n) is 10.2. The Morgan fingerprint density at radius 2 is 1.29 bits per heavy atom. The van der Waals surface area contributed by atoms with E-state index in [4.69, 9.17) is 23.7 Å². The van der Waals surface area contributed by atoms with E-state index in [1.807, 2.05) is 0 Å². The number of nitrogens with zero attached hydrogens (tertiary/aromatic N) is 2. The Hall–Kier alpha value is -6.09. The first kappa shape index (κ1) is 33.3. The van der Waals surface area contributed by atoms with Crippen molar-refractivity contribution in [2.75, 3.05) is 25.1 Å². The van der Waals surface area contributed by atoms with Crippen LogP contribution < -0.4 is 16.6 Å². The maximum atomic E-state index is 13.3. The number of hydrogen-bond donors (Lipinski definition) is 2. The fraction of sp³-hybridized carbons (Fsp3) is 0.242. The average Bonchev–Trinajstić information content (AvgIpc) is 3.43. The lowest BCUT2D eigenvalue weighted by Gasteiger charge is -2.24. The van der Waals surface area contributed by atoms with Gasteiger partial charge >= 0.3 is 29.6 Å². The number of benzene rings is 3. The van der Waals surface area contributed by atoms with Crippen LogP contribution in [0.1, 0.15) is 44.2 Å². The van der Waals surface area contributed by atoms with E-state index >= 15 is 0 Å². The van der Waals surface area contributed by atoms with Gasteiger partial charge in [-0.05, 0) is 43.3 Å². The molecular formula is C33H30N4O11. The number of aromatic nitrogens is 3. The molecule has 48 heavy (non-hydrogen) atoms. The maximum Gasteiger partial charge on any atom is 0.347 e. The molecule has 4 aromatic rings. The molecule has 4 atom stereocenters. The number of H-pyrrole nitrogens is 1. The topological polar surface area (TPSA) is 194 Å². The van der Waals surface area contributed by atoms with E-state index in [2.05, 4.69) is 15.4 Å². The molecule has 15 nitrogen and oxygen atoms in total. The lowest BCUT2D eigenvalue weighted by atomic mass is 10.1. The highest BCUT2D eigenvalue weighted by Crippen LogP contribution is 2.34. The van der Waals surface area contributed by atoms with Crippen LogP contribution in [-0.2, 0) is 28.5 Å². The molecule has 5 rings (SSSR count). The Bertz CT molecular complexity index is 1860. The molecule has 1 aromatic heterocycles. The van der Waals surface area contributed by atoms with Gasteiger partial charge in [-0.25, -0.2) is 19.2 Å². The fourth-order valence-electron chi connectivity index (χ4n) is 4.72. The first-order valence-corrected chi connectivity index (χ1v) is 14.8. The second-order valence-corrected chi connectivity index (χ2v) is 10.2. The first-order chi connectivity index (χ1) is 23.2. The molecule has 0 amide bonds. The fourth-order valence-corrected chi connectivity index (χ4v) is 4.72. The standard InChI is InChI=1S/C33H30N4O11/c1-2-44-24(38)18-34-27-28(39)35-33(43)37(36-27)29-26(48-32(42)22-16-10-5-11-17-22)25(47-31(41)21-14-8-4-9-15-21)23(46-29)19-45-30(40)20-12-6-3-7-13-20/h3-17,23,25-26,29H,2,18-19H2,1H3,(H,34,36)(H,35,39,43)/t23-,25+,26-,29-/m0/s1. The van der Waals surface area contributed by atoms with E-state index in [0.717, 1.165) is 0 Å². The molecule has 0 unspecified atom stereocenters. The number of rotatable bonds is 12. The number of nitrogens with one attached hydrogen (secondary N) is 2. The van der Waals surface area contributed by atoms with E-state index in [9.17, 15) is 28.8 Å². The van der Waals surface area contributed by atoms with Gasteiger partial charge in [-0.15, -0.1) is 5.10 Å². The quantitative estimate of drug-likeness (QED) is 0.166. The molecule has 2 heterocycles. The third kappa shape index (κ3) is 8.00. The van der Waals surface area contributed by atoms with Crippen molar-refractivity contribution in [3.8, 4) is 0 Å². The van der Waals surface area contributed by atoms with Crippen molar-refractivity contribution in [3.63, 3.8) is 0 Å². The number of carbonyl (C=O) groups excluding carboxylic acids is 4. The lowest BCUT2D eigenvalue weighted by molar-refractivity contribution is -0.140. The highest BCUT2D eigenvalue weighted by molar-refractivity contribution is 5.91. The number of hydrogen-bond acceptors (Lipinski definition) is 13. The SMILES string of the molecule is CCOC(=O)CNc1nn([C@H]2O[C@@H](COC(=O)c3ccccc3)[C@@H](OC(=O)c3ccccc3)[C@@H]2OC(=O)c2ccccc2)c(=O)[nH]c1=O. The van der Waals surface area contributed by atoms with Crippen LogP contribution in [0.4, 0.5) is 5.82 Å². The van der Waals surface area contributed by atoms with Crippen LogP contribution in [0.15, 0.2) is 101 Å². The summed E-state index contributed by atoms with van der Waals surface area (Å²) in [5, 5.41) is 6.54. The van der Waals surface area contributed by atoms with E-state index in [-0.39, 0.29) is 23.3 Å². The molecule has 0 radical (unpaired) electrons. The molecule has 1 saturated heterocycles. The van der Waals surface area contributed by atoms with Gasteiger partial charge in [0.25, 0.3) is 5.56 Å². The Balaban J connectivity index is 1.53. The van der Waals surface area contributed by atoms with Gasteiger partial charge in [-0.2, -0.15) is 4.68 Å². The zero-order valence-corrected chi connectivity index (χ0v) is 25.5. The molecule has 0 spiro atoms. The Kier molecular flexibility index (Phi) is 10.7. The number of ether oxygens (including phenoxy) is 5. The van der Waals surface area contributed by atoms with Crippen LogP contribution >= 0.6 is 0 Å². The minimum absolute atomic E-state index is 0.0908. The monoisotopic (exact) mass is 658 g/mol. The number of anilines is 1. The maximum absolute atomic E-state index is 13.3. The number of carbonyl (C=O) groups is 4. The molecule has 3 aromatic carbocycles. The van der Waals surface area contributed by atoms with Crippen molar-refractivity contribution >= 4 is 29.7 Å². The van der Waals surface area contributed by atoms with Gasteiger partial charge in [-0.1, -0.05) is 54.6 Å². The minimum atomic E-state index is -1.63. The Morgan fingerprint density at radius 1 is 0.771 bits per heavy atom. The van der Waals surface area contributed by atoms with E-state index in [0.29, 0.717) is 4.68 Å². The Labute approximate surface area is 272 Å². The van der Waals surface area contributed by atoms with Crippen LogP contribution in [0.5, 0.6) is 0 Å². The smallest absolute Gasteiger partial charge is 0.347 e. The molecule has 2 N–H and O–H groups in total. The first-order valence-electron chi connectivity index (χ1n) is 14.8. The highest BCUT2D eigenvalue weighted by Gasteiger charge is 2.52. The van der Waals surface area contributed by atoms with E-state index < -0.39 is 78.6 Å². The van der Waals surface area contributed by atoms with Gasteiger partial charge in [0.2, 0.25) is 5.82 Å². The molecule has 1 fully saturated rings. The Morgan fingerprint density at radius 3 is 1.83 bits per heavy atom. The molecule has 1 aliphatic heterocycles. The number of esters is 4.